The van der Waals surface area contributed by atoms with Crippen molar-refractivity contribution in [1.29, 1.82) is 0 Å². The van der Waals surface area contributed by atoms with Gasteiger partial charge in [-0.1, -0.05) is 42.5 Å². The molecule has 8 nitrogen and oxygen atoms in total. The van der Waals surface area contributed by atoms with E-state index in [4.69, 9.17) is 0 Å². The van der Waals surface area contributed by atoms with Gasteiger partial charge in [-0.2, -0.15) is 0 Å². The van der Waals surface area contributed by atoms with Crippen LogP contribution >= 0.6 is 0 Å². The number of anilines is 1. The minimum absolute atomic E-state index is 0.318. The molecule has 0 saturated heterocycles. The SMILES string of the molecule is O=C(C[C@@H]1NC(=O)c2ccccc2NC1=O)NNC(=O)c1ccc2ccccc2c1. The molecule has 0 fully saturated rings. The lowest BCUT2D eigenvalue weighted by Gasteiger charge is -2.14. The van der Waals surface area contributed by atoms with Crippen molar-refractivity contribution in [3.05, 3.63) is 77.9 Å². The van der Waals surface area contributed by atoms with Crippen LogP contribution in [0.3, 0.4) is 0 Å². The van der Waals surface area contributed by atoms with E-state index in [1.54, 1.807) is 36.4 Å². The minimum atomic E-state index is -1.07. The van der Waals surface area contributed by atoms with Gasteiger partial charge < -0.3 is 10.6 Å². The summed E-state index contributed by atoms with van der Waals surface area (Å²) in [6, 6.07) is 18.3. The van der Waals surface area contributed by atoms with Crippen LogP contribution in [0, 0.1) is 0 Å². The van der Waals surface area contributed by atoms with Crippen molar-refractivity contribution < 1.29 is 19.2 Å². The zero-order chi connectivity index (χ0) is 21.1. The van der Waals surface area contributed by atoms with Crippen LogP contribution in [0.2, 0.25) is 0 Å². The normalized spacial score (nSPS) is 15.4. The monoisotopic (exact) mass is 402 g/mol. The number of hydrogen-bond donors (Lipinski definition) is 4. The van der Waals surface area contributed by atoms with E-state index >= 15 is 0 Å². The standard InChI is InChI=1S/C22H18N4O4/c27-19(12-18-22(30)23-17-8-4-3-7-16(17)21(29)24-18)25-26-20(28)15-10-9-13-5-1-2-6-14(13)11-15/h1-11,18H,12H2,(H,23,30)(H,24,29)(H,25,27)(H,26,28)/t18-/m0/s1. The van der Waals surface area contributed by atoms with E-state index in [1.165, 1.54) is 0 Å². The van der Waals surface area contributed by atoms with Crippen LogP contribution in [-0.4, -0.2) is 29.7 Å². The third-order valence-electron chi connectivity index (χ3n) is 4.77. The Kier molecular flexibility index (Phi) is 5.13. The number of para-hydroxylation sites is 1. The molecule has 4 N–H and O–H groups in total. The highest BCUT2D eigenvalue weighted by Crippen LogP contribution is 2.19. The maximum Gasteiger partial charge on any atom is 0.269 e. The van der Waals surface area contributed by atoms with Gasteiger partial charge >= 0.3 is 0 Å². The van der Waals surface area contributed by atoms with Gasteiger partial charge in [-0.3, -0.25) is 30.0 Å². The molecule has 4 amide bonds. The van der Waals surface area contributed by atoms with E-state index in [0.717, 1.165) is 10.8 Å². The highest BCUT2D eigenvalue weighted by Gasteiger charge is 2.29. The summed E-state index contributed by atoms with van der Waals surface area (Å²) < 4.78 is 0. The number of fused-ring (bicyclic) bond motifs is 2. The molecule has 4 rings (SSSR count). The molecule has 1 atom stereocenters. The van der Waals surface area contributed by atoms with Crippen LogP contribution in [0.25, 0.3) is 10.8 Å². The number of hydrazine groups is 1. The van der Waals surface area contributed by atoms with Crippen molar-refractivity contribution in [1.82, 2.24) is 16.2 Å². The highest BCUT2D eigenvalue weighted by atomic mass is 16.2. The molecular formula is C22H18N4O4. The summed E-state index contributed by atoms with van der Waals surface area (Å²) in [5.74, 6) is -2.07. The molecule has 30 heavy (non-hydrogen) atoms. The van der Waals surface area contributed by atoms with Crippen molar-refractivity contribution in [2.75, 3.05) is 5.32 Å². The smallest absolute Gasteiger partial charge is 0.269 e. The van der Waals surface area contributed by atoms with E-state index in [1.807, 2.05) is 30.3 Å². The number of rotatable bonds is 3. The fraction of sp³-hybridized carbons (Fsp3) is 0.0909. The number of benzene rings is 3. The van der Waals surface area contributed by atoms with Crippen molar-refractivity contribution >= 4 is 40.1 Å². The first-order valence-corrected chi connectivity index (χ1v) is 9.30. The van der Waals surface area contributed by atoms with Gasteiger partial charge in [0.2, 0.25) is 11.8 Å². The van der Waals surface area contributed by atoms with Crippen LogP contribution in [0.15, 0.2) is 66.7 Å². The van der Waals surface area contributed by atoms with Gasteiger partial charge in [0.25, 0.3) is 11.8 Å². The number of carbonyl (C=O) groups is 4. The summed E-state index contributed by atoms with van der Waals surface area (Å²) in [5.41, 5.74) is 5.69. The third-order valence-corrected chi connectivity index (χ3v) is 4.77. The molecular weight excluding hydrogens is 384 g/mol. The quantitative estimate of drug-likeness (QED) is 0.499. The second kappa shape index (κ2) is 8.04. The van der Waals surface area contributed by atoms with Crippen LogP contribution in [0.1, 0.15) is 27.1 Å². The highest BCUT2D eigenvalue weighted by molar-refractivity contribution is 6.10. The average Bonchev–Trinajstić information content (AvgIpc) is 2.87. The molecule has 1 heterocycles. The summed E-state index contributed by atoms with van der Waals surface area (Å²) in [5, 5.41) is 7.05. The number of carbonyl (C=O) groups excluding carboxylic acids is 4. The fourth-order valence-electron chi connectivity index (χ4n) is 3.22. The van der Waals surface area contributed by atoms with Gasteiger partial charge in [0.1, 0.15) is 6.04 Å². The molecule has 0 unspecified atom stereocenters. The van der Waals surface area contributed by atoms with E-state index in [9.17, 15) is 19.2 Å². The van der Waals surface area contributed by atoms with Crippen molar-refractivity contribution in [3.63, 3.8) is 0 Å². The molecule has 3 aromatic rings. The predicted octanol–water partition coefficient (Wildman–Crippen LogP) is 1.74. The van der Waals surface area contributed by atoms with Gasteiger partial charge in [0, 0.05) is 5.56 Å². The van der Waals surface area contributed by atoms with Crippen LogP contribution < -0.4 is 21.5 Å². The van der Waals surface area contributed by atoms with E-state index < -0.39 is 29.7 Å². The molecule has 1 aliphatic heterocycles. The first-order chi connectivity index (χ1) is 14.5. The summed E-state index contributed by atoms with van der Waals surface area (Å²) in [7, 11) is 0. The van der Waals surface area contributed by atoms with Crippen LogP contribution in [0.4, 0.5) is 5.69 Å². The lowest BCUT2D eigenvalue weighted by atomic mass is 10.1. The first-order valence-electron chi connectivity index (χ1n) is 9.30. The second-order valence-electron chi connectivity index (χ2n) is 6.83. The van der Waals surface area contributed by atoms with Crippen LogP contribution in [0.5, 0.6) is 0 Å². The zero-order valence-corrected chi connectivity index (χ0v) is 15.8. The van der Waals surface area contributed by atoms with Gasteiger partial charge in [-0.05, 0) is 35.0 Å². The van der Waals surface area contributed by atoms with Gasteiger partial charge in [-0.25, -0.2) is 0 Å². The molecule has 0 aliphatic carbocycles. The Morgan fingerprint density at radius 2 is 1.60 bits per heavy atom. The molecule has 8 heteroatoms. The van der Waals surface area contributed by atoms with Gasteiger partial charge in [-0.15, -0.1) is 0 Å². The first kappa shape index (κ1) is 19.1. The zero-order valence-electron chi connectivity index (χ0n) is 15.8. The molecule has 0 aromatic heterocycles. The van der Waals surface area contributed by atoms with Crippen molar-refractivity contribution in [2.45, 2.75) is 12.5 Å². The Hall–Kier alpha value is -4.20. The lowest BCUT2D eigenvalue weighted by Crippen LogP contribution is -2.48. The van der Waals surface area contributed by atoms with E-state index in [0.29, 0.717) is 16.8 Å². The Morgan fingerprint density at radius 1 is 0.867 bits per heavy atom. The minimum Gasteiger partial charge on any atom is -0.340 e. The molecule has 0 spiro atoms. The summed E-state index contributed by atoms with van der Waals surface area (Å²) >= 11 is 0. The summed E-state index contributed by atoms with van der Waals surface area (Å²) in [4.78, 5) is 49.2. The molecule has 1 aliphatic rings. The Morgan fingerprint density at radius 3 is 2.43 bits per heavy atom. The number of amides is 4. The maximum atomic E-state index is 12.3. The topological polar surface area (TPSA) is 116 Å². The fourth-order valence-corrected chi connectivity index (χ4v) is 3.22. The molecule has 0 bridgehead atoms. The largest absolute Gasteiger partial charge is 0.340 e. The van der Waals surface area contributed by atoms with Crippen molar-refractivity contribution in [3.8, 4) is 0 Å². The van der Waals surface area contributed by atoms with Crippen molar-refractivity contribution in [2.24, 2.45) is 0 Å². The molecule has 0 saturated carbocycles. The summed E-state index contributed by atoms with van der Waals surface area (Å²) in [6.07, 6.45) is -0.330. The molecule has 3 aromatic carbocycles. The number of hydrogen-bond acceptors (Lipinski definition) is 4. The Labute approximate surface area is 171 Å². The van der Waals surface area contributed by atoms with Crippen LogP contribution in [-0.2, 0) is 9.59 Å². The second-order valence-corrected chi connectivity index (χ2v) is 6.83. The number of nitrogens with one attached hydrogen (secondary N) is 4. The maximum absolute atomic E-state index is 12.3. The molecule has 150 valence electrons. The summed E-state index contributed by atoms with van der Waals surface area (Å²) in [6.45, 7) is 0. The Bertz CT molecular complexity index is 1170. The molecule has 0 radical (unpaired) electrons. The van der Waals surface area contributed by atoms with E-state index in [2.05, 4.69) is 21.5 Å². The predicted molar refractivity (Wildman–Crippen MR) is 110 cm³/mol. The Balaban J connectivity index is 1.37. The lowest BCUT2D eigenvalue weighted by molar-refractivity contribution is -0.126. The van der Waals surface area contributed by atoms with Gasteiger partial charge in [0.15, 0.2) is 0 Å². The third kappa shape index (κ3) is 3.97. The van der Waals surface area contributed by atoms with E-state index in [-0.39, 0.29) is 6.42 Å². The average molecular weight is 402 g/mol. The van der Waals surface area contributed by atoms with Gasteiger partial charge in [0.05, 0.1) is 17.7 Å².